The molecule has 4 nitrogen and oxygen atoms in total. The quantitative estimate of drug-likeness (QED) is 0.401. The van der Waals surface area contributed by atoms with Gasteiger partial charge >= 0.3 is 6.03 Å². The molecule has 8 heavy (non-hydrogen) atoms. The molecule has 4 N–H and O–H groups in total. The number of urea groups is 1. The minimum Gasteiger partial charge on any atom is -0.352 e. The van der Waals surface area contributed by atoms with E-state index in [1.807, 2.05) is 6.79 Å². The average Bonchev–Trinajstić information content (AvgIpc) is 1.75. The Bertz CT molecular complexity index is 65.7. The summed E-state index contributed by atoms with van der Waals surface area (Å²) in [5.41, 5.74) is 8.50. The van der Waals surface area contributed by atoms with Gasteiger partial charge in [0.25, 0.3) is 0 Å². The van der Waals surface area contributed by atoms with E-state index in [4.69, 9.17) is 9.59 Å². The highest BCUT2D eigenvalue weighted by Gasteiger charge is 1.60. The minimum absolute atomic E-state index is 0.833. The predicted molar refractivity (Wildman–Crippen MR) is 30.8 cm³/mol. The lowest BCUT2D eigenvalue weighted by molar-refractivity contribution is -0.0979. The number of hydrogen-bond donors (Lipinski definition) is 2. The van der Waals surface area contributed by atoms with Crippen molar-refractivity contribution in [1.82, 2.24) is 0 Å². The van der Waals surface area contributed by atoms with Crippen molar-refractivity contribution in [1.29, 1.82) is 0 Å². The number of primary amides is 2. The van der Waals surface area contributed by atoms with E-state index in [-0.39, 0.29) is 0 Å². The molecule has 0 unspecified atom stereocenters. The maximum Gasteiger partial charge on any atom is 0.309 e. The van der Waals surface area contributed by atoms with Crippen molar-refractivity contribution >= 4 is 12.8 Å². The first-order chi connectivity index (χ1) is 3.73. The first-order valence-corrected chi connectivity index (χ1v) is 1.40. The zero-order valence-electron chi connectivity index (χ0n) is 4.33. The van der Waals surface area contributed by atoms with Crippen LogP contribution in [-0.4, -0.2) is 12.8 Å². The van der Waals surface area contributed by atoms with Gasteiger partial charge in [-0.3, -0.25) is 0 Å². The molecule has 0 fully saturated rings. The Morgan fingerprint density at radius 1 is 1.25 bits per heavy atom. The zero-order valence-corrected chi connectivity index (χ0v) is 4.33. The fraction of sp³-hybridized carbons (Fsp3) is 0. The number of carbonyl (C=O) groups excluding carboxylic acids is 2. The highest BCUT2D eigenvalue weighted by molar-refractivity contribution is 5.69. The number of nitrogens with two attached hydrogens (primary N) is 2. The maximum atomic E-state index is 9.00. The summed E-state index contributed by atoms with van der Waals surface area (Å²) in [5.74, 6) is 0. The Hall–Kier alpha value is -1.50. The third-order valence-corrected chi connectivity index (χ3v) is 0. The van der Waals surface area contributed by atoms with Crippen LogP contribution in [0.4, 0.5) is 4.79 Å². The maximum absolute atomic E-state index is 9.00. The lowest BCUT2D eigenvalue weighted by Crippen LogP contribution is -2.18. The van der Waals surface area contributed by atoms with Crippen molar-refractivity contribution in [2.75, 3.05) is 0 Å². The van der Waals surface area contributed by atoms with Gasteiger partial charge in [-0.2, -0.15) is 0 Å². The van der Waals surface area contributed by atoms with Crippen LogP contribution >= 0.6 is 0 Å². The molecule has 0 rings (SSSR count). The van der Waals surface area contributed by atoms with Crippen LogP contribution in [0, 0.1) is 12.8 Å². The van der Waals surface area contributed by atoms with E-state index in [2.05, 4.69) is 24.3 Å². The van der Waals surface area contributed by atoms with Gasteiger partial charge in [0.2, 0.25) is 0 Å². The van der Waals surface area contributed by atoms with Gasteiger partial charge in [0.1, 0.15) is 6.79 Å². The summed E-state index contributed by atoms with van der Waals surface area (Å²) in [6.07, 6.45) is 8.00. The molecule has 2 amide bonds. The van der Waals surface area contributed by atoms with E-state index >= 15 is 0 Å². The number of terminal acetylenes is 1. The molecule has 0 aliphatic carbocycles. The smallest absolute Gasteiger partial charge is 0.309 e. The molecule has 0 saturated heterocycles. The Morgan fingerprint density at radius 2 is 1.25 bits per heavy atom. The molecule has 4 heteroatoms. The van der Waals surface area contributed by atoms with Crippen molar-refractivity contribution in [3.05, 3.63) is 0 Å². The molecule has 0 saturated carbocycles. The monoisotopic (exact) mass is 116 g/mol. The van der Waals surface area contributed by atoms with Crippen molar-refractivity contribution in [2.24, 2.45) is 11.5 Å². The van der Waals surface area contributed by atoms with Crippen LogP contribution in [0.5, 0.6) is 0 Å². The summed E-state index contributed by atoms with van der Waals surface area (Å²) >= 11 is 0. The molecule has 0 aromatic rings. The van der Waals surface area contributed by atoms with Crippen LogP contribution in [0.25, 0.3) is 0 Å². The molecule has 0 heterocycles. The number of carbonyl (C=O) groups is 2. The summed E-state index contributed by atoms with van der Waals surface area (Å²) in [6, 6.07) is -0.833. The highest BCUT2D eigenvalue weighted by Crippen LogP contribution is 1.25. The summed E-state index contributed by atoms with van der Waals surface area (Å²) in [4.78, 5) is 17.0. The van der Waals surface area contributed by atoms with Gasteiger partial charge in [0, 0.05) is 0 Å². The van der Waals surface area contributed by atoms with Gasteiger partial charge in [-0.15, -0.1) is 12.8 Å². The van der Waals surface area contributed by atoms with Crippen LogP contribution in [0.15, 0.2) is 0 Å². The van der Waals surface area contributed by atoms with E-state index in [0.717, 1.165) is 0 Å². The first-order valence-electron chi connectivity index (χ1n) is 1.40. The largest absolute Gasteiger partial charge is 0.352 e. The molecule has 46 valence electrons. The average molecular weight is 116 g/mol. The third-order valence-electron chi connectivity index (χ3n) is 0. The predicted octanol–water partition coefficient (Wildman–Crippen LogP) is -0.912. The first kappa shape index (κ1) is 16.1. The van der Waals surface area contributed by atoms with E-state index in [0.29, 0.717) is 0 Å². The van der Waals surface area contributed by atoms with Gasteiger partial charge in [0.15, 0.2) is 0 Å². The SMILES string of the molecule is C#C.C=O.NC(N)=O. The molecular formula is C4H8N2O2. The van der Waals surface area contributed by atoms with Crippen molar-refractivity contribution in [3.63, 3.8) is 0 Å². The lowest BCUT2D eigenvalue weighted by atomic mass is 11.2. The van der Waals surface area contributed by atoms with Crippen molar-refractivity contribution in [2.45, 2.75) is 0 Å². The molecule has 0 aromatic carbocycles. The highest BCUT2D eigenvalue weighted by atomic mass is 16.2. The summed E-state index contributed by atoms with van der Waals surface area (Å²) in [7, 11) is 0. The Morgan fingerprint density at radius 3 is 1.25 bits per heavy atom. The van der Waals surface area contributed by atoms with Gasteiger partial charge in [-0.25, -0.2) is 4.79 Å². The second-order valence-corrected chi connectivity index (χ2v) is 0.402. The van der Waals surface area contributed by atoms with E-state index < -0.39 is 6.03 Å². The van der Waals surface area contributed by atoms with Crippen LogP contribution < -0.4 is 11.5 Å². The Balaban J connectivity index is -0.0000000542. The molecule has 0 aliphatic heterocycles. The van der Waals surface area contributed by atoms with Gasteiger partial charge < -0.3 is 16.3 Å². The van der Waals surface area contributed by atoms with Gasteiger partial charge in [-0.1, -0.05) is 0 Å². The number of hydrogen-bond acceptors (Lipinski definition) is 2. The normalized spacial score (nSPS) is 3.75. The van der Waals surface area contributed by atoms with Crippen LogP contribution in [0.2, 0.25) is 0 Å². The van der Waals surface area contributed by atoms with Crippen LogP contribution in [0.3, 0.4) is 0 Å². The Kier molecular flexibility index (Phi) is 99.3. The second kappa shape index (κ2) is 49.5. The summed E-state index contributed by atoms with van der Waals surface area (Å²) < 4.78 is 0. The molecule has 0 spiro atoms. The fourth-order valence-corrected chi connectivity index (χ4v) is 0. The topological polar surface area (TPSA) is 86.2 Å². The van der Waals surface area contributed by atoms with Gasteiger partial charge in [-0.05, 0) is 0 Å². The Labute approximate surface area is 47.8 Å². The molecular weight excluding hydrogens is 108 g/mol. The van der Waals surface area contributed by atoms with Crippen molar-refractivity contribution in [3.8, 4) is 12.8 Å². The minimum atomic E-state index is -0.833. The lowest BCUT2D eigenvalue weighted by Gasteiger charge is -1.62. The zero-order chi connectivity index (χ0) is 7.58. The molecule has 0 atom stereocenters. The van der Waals surface area contributed by atoms with Crippen LogP contribution in [-0.2, 0) is 4.79 Å². The fourth-order valence-electron chi connectivity index (χ4n) is 0. The molecule has 0 radical (unpaired) electrons. The second-order valence-electron chi connectivity index (χ2n) is 0.402. The van der Waals surface area contributed by atoms with Crippen molar-refractivity contribution < 1.29 is 9.59 Å². The van der Waals surface area contributed by atoms with Crippen LogP contribution in [0.1, 0.15) is 0 Å². The van der Waals surface area contributed by atoms with E-state index in [1.54, 1.807) is 0 Å². The van der Waals surface area contributed by atoms with E-state index in [1.165, 1.54) is 0 Å². The van der Waals surface area contributed by atoms with Gasteiger partial charge in [0.05, 0.1) is 0 Å². The molecule has 0 bridgehead atoms. The van der Waals surface area contributed by atoms with E-state index in [9.17, 15) is 0 Å². The summed E-state index contributed by atoms with van der Waals surface area (Å²) in [6.45, 7) is 2.00. The summed E-state index contributed by atoms with van der Waals surface area (Å²) in [5, 5.41) is 0. The standard InChI is InChI=1S/C2H2.CH4N2O.CH2O/c1-2;2-1(3)4;1-2/h1-2H;(H4,2,3,4);1H2. The molecule has 0 aromatic heterocycles. The third kappa shape index (κ3) is 24.5. The number of rotatable bonds is 0. The molecule has 0 aliphatic rings. The number of amides is 2.